The Morgan fingerprint density at radius 2 is 1.86 bits per heavy atom. The van der Waals surface area contributed by atoms with Crippen LogP contribution >= 0.6 is 0 Å². The van der Waals surface area contributed by atoms with Gasteiger partial charge in [-0.25, -0.2) is 9.37 Å². The molecule has 6 nitrogen and oxygen atoms in total. The van der Waals surface area contributed by atoms with Crippen molar-refractivity contribution in [2.75, 3.05) is 68.2 Å². The number of pyridine rings is 1. The number of halogens is 1. The van der Waals surface area contributed by atoms with E-state index in [2.05, 4.69) is 32.2 Å². The molecule has 0 saturated carbocycles. The van der Waals surface area contributed by atoms with E-state index in [0.717, 1.165) is 56.9 Å². The standard InChI is InChI=1S/C28H41FN4O2/c1-34-18-19-35-17-12-23(27-10-3-6-16-33(27)26-9-7-8-24(29)20-26)22-31-28-21-25(11-13-30-28)32-14-4-2-5-15-32/h7-9,11,13,20-21,23,27H,2-6,10,12,14-19,22H2,1H3,(H,30,31)/t23-,27-/m0/s1. The molecule has 3 heterocycles. The first-order valence-electron chi connectivity index (χ1n) is 13.3. The Morgan fingerprint density at radius 3 is 2.69 bits per heavy atom. The number of hydrogen-bond donors (Lipinski definition) is 1. The number of hydrogen-bond acceptors (Lipinski definition) is 6. The van der Waals surface area contributed by atoms with E-state index >= 15 is 0 Å². The van der Waals surface area contributed by atoms with E-state index in [0.29, 0.717) is 31.8 Å². The zero-order chi connectivity index (χ0) is 24.3. The summed E-state index contributed by atoms with van der Waals surface area (Å²) < 4.78 is 25.0. The lowest BCUT2D eigenvalue weighted by Crippen LogP contribution is -2.46. The normalized spacial score (nSPS) is 19.5. The van der Waals surface area contributed by atoms with Crippen LogP contribution in [-0.2, 0) is 9.47 Å². The zero-order valence-electron chi connectivity index (χ0n) is 21.1. The van der Waals surface area contributed by atoms with Gasteiger partial charge < -0.3 is 24.6 Å². The monoisotopic (exact) mass is 484 g/mol. The van der Waals surface area contributed by atoms with Crippen molar-refractivity contribution in [1.29, 1.82) is 0 Å². The van der Waals surface area contributed by atoms with E-state index in [1.54, 1.807) is 13.2 Å². The average Bonchev–Trinajstić information content (AvgIpc) is 2.91. The molecule has 2 fully saturated rings. The molecule has 35 heavy (non-hydrogen) atoms. The third kappa shape index (κ3) is 7.55. The molecular formula is C28H41FN4O2. The highest BCUT2D eigenvalue weighted by Gasteiger charge is 2.30. The molecule has 2 aliphatic rings. The third-order valence-electron chi connectivity index (χ3n) is 7.31. The van der Waals surface area contributed by atoms with Crippen LogP contribution in [0.3, 0.4) is 0 Å². The first-order chi connectivity index (χ1) is 17.2. The molecule has 7 heteroatoms. The Balaban J connectivity index is 1.45. The minimum atomic E-state index is -0.178. The van der Waals surface area contributed by atoms with Gasteiger partial charge in [-0.15, -0.1) is 0 Å². The number of anilines is 3. The number of piperidine rings is 2. The van der Waals surface area contributed by atoms with Gasteiger partial charge in [0, 0.05) is 69.6 Å². The van der Waals surface area contributed by atoms with Crippen molar-refractivity contribution in [2.45, 2.75) is 51.0 Å². The maximum Gasteiger partial charge on any atom is 0.127 e. The van der Waals surface area contributed by atoms with Crippen LogP contribution < -0.4 is 15.1 Å². The number of ether oxygens (including phenoxy) is 2. The largest absolute Gasteiger partial charge is 0.382 e. The molecule has 0 amide bonds. The molecule has 0 radical (unpaired) electrons. The Kier molecular flexibility index (Phi) is 10.0. The number of nitrogens with zero attached hydrogens (tertiary/aromatic N) is 3. The SMILES string of the molecule is COCCOCC[C@@H](CNc1cc(N2CCCCC2)ccn1)[C@@H]1CCCCN1c1cccc(F)c1. The van der Waals surface area contributed by atoms with Crippen LogP contribution in [0.4, 0.5) is 21.6 Å². The lowest BCUT2D eigenvalue weighted by atomic mass is 9.87. The van der Waals surface area contributed by atoms with Gasteiger partial charge >= 0.3 is 0 Å². The number of rotatable bonds is 12. The Labute approximate surface area is 209 Å². The topological polar surface area (TPSA) is 49.9 Å². The molecule has 1 aromatic carbocycles. The molecular weight excluding hydrogens is 443 g/mol. The van der Waals surface area contributed by atoms with Gasteiger partial charge in [0.15, 0.2) is 0 Å². The second-order valence-corrected chi connectivity index (χ2v) is 9.72. The summed E-state index contributed by atoms with van der Waals surface area (Å²) in [6, 6.07) is 11.7. The fourth-order valence-corrected chi connectivity index (χ4v) is 5.43. The summed E-state index contributed by atoms with van der Waals surface area (Å²) in [5.41, 5.74) is 2.23. The fourth-order valence-electron chi connectivity index (χ4n) is 5.43. The van der Waals surface area contributed by atoms with Crippen molar-refractivity contribution in [2.24, 2.45) is 5.92 Å². The van der Waals surface area contributed by atoms with Crippen LogP contribution in [0, 0.1) is 11.7 Å². The lowest BCUT2D eigenvalue weighted by molar-refractivity contribution is 0.0620. The summed E-state index contributed by atoms with van der Waals surface area (Å²) in [4.78, 5) is 9.48. The van der Waals surface area contributed by atoms with E-state index in [4.69, 9.17) is 9.47 Å². The highest BCUT2D eigenvalue weighted by Crippen LogP contribution is 2.31. The lowest BCUT2D eigenvalue weighted by Gasteiger charge is -2.42. The van der Waals surface area contributed by atoms with Crippen LogP contribution in [0.15, 0.2) is 42.6 Å². The van der Waals surface area contributed by atoms with E-state index in [9.17, 15) is 4.39 Å². The van der Waals surface area contributed by atoms with E-state index < -0.39 is 0 Å². The van der Waals surface area contributed by atoms with Gasteiger partial charge in [-0.1, -0.05) is 6.07 Å². The molecule has 0 aliphatic carbocycles. The predicted octanol–water partition coefficient (Wildman–Crippen LogP) is 5.35. The van der Waals surface area contributed by atoms with Crippen molar-refractivity contribution in [3.05, 3.63) is 48.4 Å². The van der Waals surface area contributed by atoms with Gasteiger partial charge in [-0.2, -0.15) is 0 Å². The quantitative estimate of drug-likeness (QED) is 0.410. The van der Waals surface area contributed by atoms with Gasteiger partial charge in [-0.05, 0) is 75.1 Å². The van der Waals surface area contributed by atoms with Gasteiger partial charge in [0.1, 0.15) is 11.6 Å². The minimum absolute atomic E-state index is 0.178. The van der Waals surface area contributed by atoms with Gasteiger partial charge in [-0.3, -0.25) is 0 Å². The molecule has 2 saturated heterocycles. The van der Waals surface area contributed by atoms with Crippen LogP contribution in [-0.4, -0.2) is 64.1 Å². The molecule has 0 spiro atoms. The van der Waals surface area contributed by atoms with Crippen LogP contribution in [0.2, 0.25) is 0 Å². The molecule has 2 atom stereocenters. The smallest absolute Gasteiger partial charge is 0.127 e. The molecule has 2 aromatic rings. The predicted molar refractivity (Wildman–Crippen MR) is 141 cm³/mol. The van der Waals surface area contributed by atoms with Crippen LogP contribution in [0.1, 0.15) is 44.9 Å². The maximum absolute atomic E-state index is 14.0. The van der Waals surface area contributed by atoms with Crippen LogP contribution in [0.25, 0.3) is 0 Å². The van der Waals surface area contributed by atoms with Crippen molar-refractivity contribution >= 4 is 17.2 Å². The molecule has 0 unspecified atom stereocenters. The summed E-state index contributed by atoms with van der Waals surface area (Å²) in [6.07, 6.45) is 10.1. The van der Waals surface area contributed by atoms with E-state index in [1.807, 2.05) is 18.3 Å². The van der Waals surface area contributed by atoms with E-state index in [-0.39, 0.29) is 5.82 Å². The Hall–Kier alpha value is -2.38. The molecule has 4 rings (SSSR count). The first kappa shape index (κ1) is 25.7. The number of nitrogens with one attached hydrogen (secondary N) is 1. The van der Waals surface area contributed by atoms with Gasteiger partial charge in [0.2, 0.25) is 0 Å². The molecule has 0 bridgehead atoms. The maximum atomic E-state index is 14.0. The van der Waals surface area contributed by atoms with Gasteiger partial charge in [0.25, 0.3) is 0 Å². The fraction of sp³-hybridized carbons (Fsp3) is 0.607. The summed E-state index contributed by atoms with van der Waals surface area (Å²) in [7, 11) is 1.69. The summed E-state index contributed by atoms with van der Waals surface area (Å²) in [5.74, 6) is 1.09. The number of methoxy groups -OCH3 is 1. The van der Waals surface area contributed by atoms with Crippen molar-refractivity contribution < 1.29 is 13.9 Å². The van der Waals surface area contributed by atoms with E-state index in [1.165, 1.54) is 37.4 Å². The Morgan fingerprint density at radius 1 is 1.00 bits per heavy atom. The highest BCUT2D eigenvalue weighted by atomic mass is 19.1. The molecule has 192 valence electrons. The minimum Gasteiger partial charge on any atom is -0.382 e. The highest BCUT2D eigenvalue weighted by molar-refractivity contribution is 5.54. The number of aromatic nitrogens is 1. The zero-order valence-corrected chi connectivity index (χ0v) is 21.1. The van der Waals surface area contributed by atoms with Crippen LogP contribution in [0.5, 0.6) is 0 Å². The molecule has 2 aliphatic heterocycles. The van der Waals surface area contributed by atoms with Crippen molar-refractivity contribution in [3.8, 4) is 0 Å². The summed E-state index contributed by atoms with van der Waals surface area (Å²) >= 11 is 0. The van der Waals surface area contributed by atoms with Crippen molar-refractivity contribution in [1.82, 2.24) is 4.98 Å². The summed E-state index contributed by atoms with van der Waals surface area (Å²) in [6.45, 7) is 5.90. The molecule has 1 N–H and O–H groups in total. The number of benzene rings is 1. The summed E-state index contributed by atoms with van der Waals surface area (Å²) in [5, 5.41) is 3.64. The molecule has 1 aromatic heterocycles. The second kappa shape index (κ2) is 13.6. The third-order valence-corrected chi connectivity index (χ3v) is 7.31. The average molecular weight is 485 g/mol. The first-order valence-corrected chi connectivity index (χ1v) is 13.3. The van der Waals surface area contributed by atoms with Gasteiger partial charge in [0.05, 0.1) is 13.2 Å². The van der Waals surface area contributed by atoms with Crippen molar-refractivity contribution in [3.63, 3.8) is 0 Å². The second-order valence-electron chi connectivity index (χ2n) is 9.72. The Bertz CT molecular complexity index is 893.